The molecule has 7 heteroatoms. The molecule has 19 heavy (non-hydrogen) atoms. The van der Waals surface area contributed by atoms with Gasteiger partial charge in [-0.05, 0) is 6.42 Å². The van der Waals surface area contributed by atoms with Crippen molar-refractivity contribution in [1.29, 1.82) is 0 Å². The van der Waals surface area contributed by atoms with Gasteiger partial charge in [0.25, 0.3) is 5.56 Å². The van der Waals surface area contributed by atoms with Crippen molar-refractivity contribution in [2.45, 2.75) is 26.4 Å². The van der Waals surface area contributed by atoms with Gasteiger partial charge in [-0.25, -0.2) is 9.67 Å². The number of anilines is 1. The molecular formula is C12H16ClN5O. The molecule has 2 aromatic heterocycles. The van der Waals surface area contributed by atoms with Crippen LogP contribution in [0.25, 0.3) is 0 Å². The maximum absolute atomic E-state index is 11.9. The Bertz CT molecular complexity index is 619. The van der Waals surface area contributed by atoms with Crippen molar-refractivity contribution in [2.24, 2.45) is 7.05 Å². The van der Waals surface area contributed by atoms with Crippen LogP contribution in [0.3, 0.4) is 0 Å². The zero-order valence-corrected chi connectivity index (χ0v) is 11.7. The Morgan fingerprint density at radius 1 is 1.47 bits per heavy atom. The molecule has 2 rings (SSSR count). The Balaban J connectivity index is 2.16. The number of imidazole rings is 1. The molecule has 0 fully saturated rings. The van der Waals surface area contributed by atoms with Gasteiger partial charge in [-0.1, -0.05) is 18.5 Å². The maximum atomic E-state index is 11.9. The average Bonchev–Trinajstić information content (AvgIpc) is 2.80. The van der Waals surface area contributed by atoms with Crippen molar-refractivity contribution in [2.75, 3.05) is 5.32 Å². The second-order valence-electron chi connectivity index (χ2n) is 4.21. The third kappa shape index (κ3) is 2.96. The minimum atomic E-state index is -0.270. The molecule has 2 heterocycles. The molecular weight excluding hydrogens is 266 g/mol. The summed E-state index contributed by atoms with van der Waals surface area (Å²) in [7, 11) is 1.91. The van der Waals surface area contributed by atoms with Gasteiger partial charge in [-0.15, -0.1) is 0 Å². The molecule has 0 radical (unpaired) electrons. The first-order chi connectivity index (χ1) is 9.13. The van der Waals surface area contributed by atoms with Gasteiger partial charge in [-0.3, -0.25) is 4.79 Å². The number of rotatable bonds is 5. The minimum absolute atomic E-state index is 0.164. The summed E-state index contributed by atoms with van der Waals surface area (Å²) in [5.74, 6) is 0.855. The first-order valence-corrected chi connectivity index (χ1v) is 6.47. The van der Waals surface area contributed by atoms with Crippen LogP contribution in [0.1, 0.15) is 19.2 Å². The lowest BCUT2D eigenvalue weighted by Crippen LogP contribution is -2.24. The average molecular weight is 282 g/mol. The summed E-state index contributed by atoms with van der Waals surface area (Å²) < 4.78 is 3.26. The highest BCUT2D eigenvalue weighted by Gasteiger charge is 2.09. The molecule has 0 amide bonds. The van der Waals surface area contributed by atoms with Gasteiger partial charge in [-0.2, -0.15) is 5.10 Å². The third-order valence-corrected chi connectivity index (χ3v) is 3.14. The lowest BCUT2D eigenvalue weighted by atomic mass is 10.4. The van der Waals surface area contributed by atoms with E-state index in [1.165, 1.54) is 4.68 Å². The molecule has 0 bridgehead atoms. The smallest absolute Gasteiger partial charge is 0.287 e. The van der Waals surface area contributed by atoms with E-state index in [0.29, 0.717) is 18.8 Å². The van der Waals surface area contributed by atoms with Crippen LogP contribution in [0.2, 0.25) is 5.02 Å². The lowest BCUT2D eigenvalue weighted by Gasteiger charge is -2.09. The summed E-state index contributed by atoms with van der Waals surface area (Å²) in [6.45, 7) is 3.04. The fourth-order valence-corrected chi connectivity index (χ4v) is 1.91. The van der Waals surface area contributed by atoms with Crippen molar-refractivity contribution < 1.29 is 0 Å². The molecule has 2 aromatic rings. The van der Waals surface area contributed by atoms with E-state index in [2.05, 4.69) is 15.4 Å². The molecule has 102 valence electrons. The number of aryl methyl sites for hydroxylation is 2. The monoisotopic (exact) mass is 281 g/mol. The number of hydrogen-bond donors (Lipinski definition) is 1. The Morgan fingerprint density at radius 3 is 2.89 bits per heavy atom. The molecule has 0 unspecified atom stereocenters. The van der Waals surface area contributed by atoms with Crippen LogP contribution < -0.4 is 10.9 Å². The maximum Gasteiger partial charge on any atom is 0.287 e. The van der Waals surface area contributed by atoms with E-state index in [0.717, 1.165) is 12.2 Å². The number of nitrogens with one attached hydrogen (secondary N) is 1. The first-order valence-electron chi connectivity index (χ1n) is 6.09. The van der Waals surface area contributed by atoms with Crippen LogP contribution in [-0.2, 0) is 20.1 Å². The van der Waals surface area contributed by atoms with E-state index in [-0.39, 0.29) is 10.6 Å². The van der Waals surface area contributed by atoms with Crippen molar-refractivity contribution in [1.82, 2.24) is 19.3 Å². The molecule has 0 spiro atoms. The van der Waals surface area contributed by atoms with Crippen LogP contribution in [0.15, 0.2) is 23.4 Å². The van der Waals surface area contributed by atoms with Crippen molar-refractivity contribution in [3.63, 3.8) is 0 Å². The largest absolute Gasteiger partial charge is 0.375 e. The normalized spacial score (nSPS) is 10.7. The standard InChI is InChI=1S/C12H16ClN5O/c1-3-5-18-12(19)11(13)9(7-16-18)15-8-10-14-4-6-17(10)2/h4,6-7,15H,3,5,8H2,1-2H3. The van der Waals surface area contributed by atoms with Crippen LogP contribution >= 0.6 is 11.6 Å². The van der Waals surface area contributed by atoms with Crippen molar-refractivity contribution >= 4 is 17.3 Å². The summed E-state index contributed by atoms with van der Waals surface area (Å²) >= 11 is 6.05. The van der Waals surface area contributed by atoms with Gasteiger partial charge < -0.3 is 9.88 Å². The third-order valence-electron chi connectivity index (χ3n) is 2.78. The summed E-state index contributed by atoms with van der Waals surface area (Å²) in [5.41, 5.74) is 0.260. The van der Waals surface area contributed by atoms with Crippen LogP contribution in [0.5, 0.6) is 0 Å². The molecule has 0 aliphatic heterocycles. The Hall–Kier alpha value is -1.82. The van der Waals surface area contributed by atoms with Crippen LogP contribution in [0, 0.1) is 0 Å². The number of aromatic nitrogens is 4. The summed E-state index contributed by atoms with van der Waals surface area (Å²) in [5, 5.41) is 7.32. The van der Waals surface area contributed by atoms with Gasteiger partial charge in [0.2, 0.25) is 0 Å². The van der Waals surface area contributed by atoms with E-state index in [4.69, 9.17) is 11.6 Å². The highest BCUT2D eigenvalue weighted by Crippen LogP contribution is 2.16. The molecule has 0 atom stereocenters. The quantitative estimate of drug-likeness (QED) is 0.905. The molecule has 0 aliphatic carbocycles. The molecule has 1 N–H and O–H groups in total. The zero-order valence-electron chi connectivity index (χ0n) is 10.9. The van der Waals surface area contributed by atoms with E-state index >= 15 is 0 Å². The van der Waals surface area contributed by atoms with Crippen molar-refractivity contribution in [3.8, 4) is 0 Å². The van der Waals surface area contributed by atoms with Gasteiger partial charge >= 0.3 is 0 Å². The lowest BCUT2D eigenvalue weighted by molar-refractivity contribution is 0.568. The predicted molar refractivity (Wildman–Crippen MR) is 74.3 cm³/mol. The number of hydrogen-bond acceptors (Lipinski definition) is 4. The fourth-order valence-electron chi connectivity index (χ4n) is 1.70. The van der Waals surface area contributed by atoms with Gasteiger partial charge in [0.1, 0.15) is 10.8 Å². The van der Waals surface area contributed by atoms with Gasteiger partial charge in [0.15, 0.2) is 0 Å². The van der Waals surface area contributed by atoms with Crippen LogP contribution in [-0.4, -0.2) is 19.3 Å². The molecule has 6 nitrogen and oxygen atoms in total. The highest BCUT2D eigenvalue weighted by molar-refractivity contribution is 6.32. The summed E-state index contributed by atoms with van der Waals surface area (Å²) in [6.07, 6.45) is 5.98. The molecule has 0 saturated carbocycles. The SMILES string of the molecule is CCCn1ncc(NCc2nccn2C)c(Cl)c1=O. The molecule has 0 aliphatic rings. The number of nitrogens with zero attached hydrogens (tertiary/aromatic N) is 4. The van der Waals surface area contributed by atoms with E-state index in [1.807, 2.05) is 24.7 Å². The van der Waals surface area contributed by atoms with Gasteiger partial charge in [0.05, 0.1) is 18.4 Å². The summed E-state index contributed by atoms with van der Waals surface area (Å²) in [6, 6.07) is 0. The van der Waals surface area contributed by atoms with E-state index in [1.54, 1.807) is 12.4 Å². The van der Waals surface area contributed by atoms with Crippen molar-refractivity contribution in [3.05, 3.63) is 39.8 Å². The Kier molecular flexibility index (Phi) is 4.21. The minimum Gasteiger partial charge on any atom is -0.375 e. The molecule has 0 saturated heterocycles. The molecule has 0 aromatic carbocycles. The van der Waals surface area contributed by atoms with Gasteiger partial charge in [0, 0.05) is 26.0 Å². The Labute approximate surface area is 116 Å². The van der Waals surface area contributed by atoms with E-state index < -0.39 is 0 Å². The second kappa shape index (κ2) is 5.88. The predicted octanol–water partition coefficient (Wildman–Crippen LogP) is 1.65. The topological polar surface area (TPSA) is 64.7 Å². The second-order valence-corrected chi connectivity index (χ2v) is 4.59. The number of halogens is 1. The zero-order chi connectivity index (χ0) is 13.8. The first kappa shape index (κ1) is 13.6. The Morgan fingerprint density at radius 2 is 2.26 bits per heavy atom. The highest BCUT2D eigenvalue weighted by atomic mass is 35.5. The fraction of sp³-hybridized carbons (Fsp3) is 0.417. The summed E-state index contributed by atoms with van der Waals surface area (Å²) in [4.78, 5) is 16.1. The van der Waals surface area contributed by atoms with Crippen LogP contribution in [0.4, 0.5) is 5.69 Å². The van der Waals surface area contributed by atoms with E-state index in [9.17, 15) is 4.79 Å².